The van der Waals surface area contributed by atoms with Crippen molar-refractivity contribution in [3.05, 3.63) is 58.8 Å². The van der Waals surface area contributed by atoms with E-state index in [1.165, 1.54) is 18.0 Å². The molecule has 3 heterocycles. The van der Waals surface area contributed by atoms with Gasteiger partial charge in [0.1, 0.15) is 18.5 Å². The lowest BCUT2D eigenvalue weighted by molar-refractivity contribution is -0.123. The molecule has 4 rings (SSSR count). The number of anilines is 1. The Labute approximate surface area is 160 Å². The number of rotatable bonds is 5. The van der Waals surface area contributed by atoms with Gasteiger partial charge in [0.25, 0.3) is 0 Å². The fourth-order valence-electron chi connectivity index (χ4n) is 3.03. The van der Waals surface area contributed by atoms with Crippen LogP contribution in [0.15, 0.2) is 36.4 Å². The monoisotopic (exact) mass is 380 g/mol. The lowest BCUT2D eigenvalue weighted by Gasteiger charge is -2.39. The maximum Gasteiger partial charge on any atom is 0.340 e. The molecule has 7 nitrogen and oxygen atoms in total. The van der Waals surface area contributed by atoms with Crippen molar-refractivity contribution in [2.45, 2.75) is 12.4 Å². The average Bonchev–Trinajstić information content (AvgIpc) is 3.01. The summed E-state index contributed by atoms with van der Waals surface area (Å²) in [5.74, 6) is 0.604. The van der Waals surface area contributed by atoms with E-state index in [1.54, 1.807) is 0 Å². The van der Waals surface area contributed by atoms with Crippen molar-refractivity contribution in [1.29, 1.82) is 5.26 Å². The predicted octanol–water partition coefficient (Wildman–Crippen LogP) is 2.02. The molecular formula is C19H16N4O3S. The molecule has 1 N–H and O–H groups in total. The third-order valence-electron chi connectivity index (χ3n) is 4.57. The molecule has 1 aromatic heterocycles. The molecule has 27 heavy (non-hydrogen) atoms. The Hall–Kier alpha value is -3.05. The Morgan fingerprint density at radius 2 is 2.15 bits per heavy atom. The lowest BCUT2D eigenvalue weighted by atomic mass is 9.98. The normalized spacial score (nSPS) is 15.5. The summed E-state index contributed by atoms with van der Waals surface area (Å²) >= 11 is 1.37. The van der Waals surface area contributed by atoms with E-state index >= 15 is 0 Å². The summed E-state index contributed by atoms with van der Waals surface area (Å²) in [5, 5.41) is 9.35. The molecule has 0 aliphatic carbocycles. The number of cyclic esters (lactones) is 1. The fraction of sp³-hybridized carbons (Fsp3) is 0.263. The third kappa shape index (κ3) is 3.46. The molecule has 0 saturated carbocycles. The number of hydrogen-bond acceptors (Lipinski definition) is 7. The summed E-state index contributed by atoms with van der Waals surface area (Å²) < 4.78 is 7.84. The minimum atomic E-state index is -0.447. The van der Waals surface area contributed by atoms with Gasteiger partial charge in [-0.25, -0.2) is 9.78 Å². The molecule has 0 bridgehead atoms. The Bertz CT molecular complexity index is 936. The van der Waals surface area contributed by atoms with Gasteiger partial charge >= 0.3 is 5.97 Å². The summed E-state index contributed by atoms with van der Waals surface area (Å²) in [7, 11) is 0. The fourth-order valence-corrected chi connectivity index (χ4v) is 3.77. The molecule has 8 heteroatoms. The maximum atomic E-state index is 12.3. The van der Waals surface area contributed by atoms with Crippen molar-refractivity contribution in [3.8, 4) is 6.07 Å². The Balaban J connectivity index is 1.33. The standard InChI is InChI=1S/C19H16N4O3S/c20-7-13-6-15-16(10-26-19(15)25)21-17(13)23-8-14(9-23)18(24)22-27-11-12-4-2-1-3-5-12/h1-6,14H,8-11H2,(H,22,24). The van der Waals surface area contributed by atoms with E-state index in [-0.39, 0.29) is 18.4 Å². The Morgan fingerprint density at radius 3 is 2.89 bits per heavy atom. The van der Waals surface area contributed by atoms with Gasteiger partial charge in [-0.3, -0.25) is 9.52 Å². The number of hydrogen-bond donors (Lipinski definition) is 1. The van der Waals surface area contributed by atoms with Gasteiger partial charge in [-0.2, -0.15) is 5.26 Å². The highest BCUT2D eigenvalue weighted by atomic mass is 32.2. The number of fused-ring (bicyclic) bond motifs is 1. The summed E-state index contributed by atoms with van der Waals surface area (Å²) in [6.45, 7) is 1.11. The molecular weight excluding hydrogens is 364 g/mol. The number of benzene rings is 1. The number of nitrogens with zero attached hydrogens (tertiary/aromatic N) is 3. The minimum absolute atomic E-state index is 0.0228. The zero-order chi connectivity index (χ0) is 18.8. The van der Waals surface area contributed by atoms with Crippen LogP contribution in [0.25, 0.3) is 0 Å². The molecule has 1 amide bonds. The van der Waals surface area contributed by atoms with Crippen molar-refractivity contribution in [3.63, 3.8) is 0 Å². The lowest BCUT2D eigenvalue weighted by Crippen LogP contribution is -2.53. The predicted molar refractivity (Wildman–Crippen MR) is 99.7 cm³/mol. The van der Waals surface area contributed by atoms with Gasteiger partial charge in [-0.15, -0.1) is 0 Å². The molecule has 1 saturated heterocycles. The molecule has 2 aromatic rings. The van der Waals surface area contributed by atoms with Crippen LogP contribution in [0.4, 0.5) is 5.82 Å². The summed E-state index contributed by atoms with van der Waals surface area (Å²) in [4.78, 5) is 30.2. The van der Waals surface area contributed by atoms with Gasteiger partial charge in [-0.1, -0.05) is 30.3 Å². The van der Waals surface area contributed by atoms with Crippen molar-refractivity contribution in [1.82, 2.24) is 9.71 Å². The SMILES string of the molecule is N#Cc1cc2c(nc1N1CC(C(=O)NSCc3ccccc3)C1)COC2=O. The van der Waals surface area contributed by atoms with Crippen LogP contribution < -0.4 is 9.62 Å². The zero-order valence-corrected chi connectivity index (χ0v) is 15.2. The molecule has 0 atom stereocenters. The number of nitrogens with one attached hydrogen (secondary N) is 1. The quantitative estimate of drug-likeness (QED) is 0.626. The number of nitriles is 1. The van der Waals surface area contributed by atoms with E-state index in [0.717, 1.165) is 5.56 Å². The van der Waals surface area contributed by atoms with E-state index in [9.17, 15) is 14.9 Å². The summed E-state index contributed by atoms with van der Waals surface area (Å²) in [6, 6.07) is 13.5. The molecule has 1 fully saturated rings. The van der Waals surface area contributed by atoms with Crippen LogP contribution in [0.1, 0.15) is 27.2 Å². The number of amides is 1. The van der Waals surface area contributed by atoms with Gasteiger partial charge in [0.05, 0.1) is 22.7 Å². The Kier molecular flexibility index (Phi) is 4.69. The van der Waals surface area contributed by atoms with Crippen LogP contribution >= 0.6 is 11.9 Å². The topological polar surface area (TPSA) is 95.3 Å². The second-order valence-electron chi connectivity index (χ2n) is 6.38. The highest BCUT2D eigenvalue weighted by Crippen LogP contribution is 2.30. The van der Waals surface area contributed by atoms with Crippen LogP contribution in [0.5, 0.6) is 0 Å². The van der Waals surface area contributed by atoms with E-state index < -0.39 is 5.97 Å². The second kappa shape index (κ2) is 7.29. The highest BCUT2D eigenvalue weighted by molar-refractivity contribution is 7.97. The van der Waals surface area contributed by atoms with Crippen molar-refractivity contribution in [2.75, 3.05) is 18.0 Å². The van der Waals surface area contributed by atoms with Crippen LogP contribution in [0, 0.1) is 17.2 Å². The molecule has 0 unspecified atom stereocenters. The molecule has 0 radical (unpaired) electrons. The van der Waals surface area contributed by atoms with Gasteiger partial charge in [0, 0.05) is 18.8 Å². The number of carbonyl (C=O) groups excluding carboxylic acids is 2. The van der Waals surface area contributed by atoms with E-state index in [2.05, 4.69) is 15.8 Å². The molecule has 1 aromatic carbocycles. The number of aromatic nitrogens is 1. The van der Waals surface area contributed by atoms with E-state index in [1.807, 2.05) is 35.2 Å². The number of esters is 1. The maximum absolute atomic E-state index is 12.3. The van der Waals surface area contributed by atoms with Crippen molar-refractivity contribution >= 4 is 29.6 Å². The van der Waals surface area contributed by atoms with Crippen LogP contribution in [0.3, 0.4) is 0 Å². The Morgan fingerprint density at radius 1 is 1.37 bits per heavy atom. The molecule has 0 spiro atoms. The van der Waals surface area contributed by atoms with Gasteiger partial charge in [0.2, 0.25) is 5.91 Å². The summed E-state index contributed by atoms with van der Waals surface area (Å²) in [6.07, 6.45) is 0. The van der Waals surface area contributed by atoms with Gasteiger partial charge < -0.3 is 9.64 Å². The first-order chi connectivity index (χ1) is 13.2. The molecule has 2 aliphatic rings. The van der Waals surface area contributed by atoms with Gasteiger partial charge in [0.15, 0.2) is 0 Å². The largest absolute Gasteiger partial charge is 0.455 e. The van der Waals surface area contributed by atoms with Crippen molar-refractivity contribution in [2.24, 2.45) is 5.92 Å². The number of carbonyl (C=O) groups is 2. The summed E-state index contributed by atoms with van der Waals surface area (Å²) in [5.41, 5.74) is 2.36. The highest BCUT2D eigenvalue weighted by Gasteiger charge is 2.36. The third-order valence-corrected chi connectivity index (χ3v) is 5.39. The first-order valence-electron chi connectivity index (χ1n) is 8.47. The van der Waals surface area contributed by atoms with Crippen LogP contribution in [0.2, 0.25) is 0 Å². The molecule has 2 aliphatic heterocycles. The van der Waals surface area contributed by atoms with E-state index in [0.29, 0.717) is 41.5 Å². The molecule has 136 valence electrons. The van der Waals surface area contributed by atoms with Crippen LogP contribution in [-0.4, -0.2) is 29.9 Å². The number of ether oxygens (including phenoxy) is 1. The minimum Gasteiger partial charge on any atom is -0.455 e. The smallest absolute Gasteiger partial charge is 0.340 e. The van der Waals surface area contributed by atoms with E-state index in [4.69, 9.17) is 4.74 Å². The first-order valence-corrected chi connectivity index (χ1v) is 9.46. The van der Waals surface area contributed by atoms with Gasteiger partial charge in [-0.05, 0) is 23.6 Å². The zero-order valence-electron chi connectivity index (χ0n) is 14.3. The van der Waals surface area contributed by atoms with Crippen molar-refractivity contribution < 1.29 is 14.3 Å². The average molecular weight is 380 g/mol. The second-order valence-corrected chi connectivity index (χ2v) is 7.17. The first kappa shape index (κ1) is 17.4. The number of pyridine rings is 1. The van der Waals surface area contributed by atoms with Crippen LogP contribution in [-0.2, 0) is 21.9 Å².